The van der Waals surface area contributed by atoms with Crippen LogP contribution < -0.4 is 11.1 Å². The molecule has 5 rings (SSSR count). The minimum Gasteiger partial charge on any atom is -0.383 e. The minimum absolute atomic E-state index is 0.133. The van der Waals surface area contributed by atoms with Crippen LogP contribution in [0.4, 0.5) is 5.82 Å². The van der Waals surface area contributed by atoms with E-state index in [0.29, 0.717) is 5.82 Å². The molecule has 1 aromatic carbocycles. The Morgan fingerprint density at radius 1 is 1.26 bits per heavy atom. The first kappa shape index (κ1) is 22.5. The van der Waals surface area contributed by atoms with Gasteiger partial charge < -0.3 is 16.0 Å². The molecule has 0 spiro atoms. The molecule has 0 aliphatic carbocycles. The van der Waals surface area contributed by atoms with Crippen LogP contribution >= 0.6 is 11.3 Å². The zero-order chi connectivity index (χ0) is 23.7. The summed E-state index contributed by atoms with van der Waals surface area (Å²) in [5, 5.41) is 8.86. The molecule has 3 aromatic heterocycles. The van der Waals surface area contributed by atoms with Crippen LogP contribution in [0.1, 0.15) is 32.7 Å². The topological polar surface area (TPSA) is 102 Å². The number of pyridine rings is 1. The van der Waals surface area contributed by atoms with E-state index in [-0.39, 0.29) is 18.0 Å². The summed E-state index contributed by atoms with van der Waals surface area (Å²) in [6.45, 7) is 6.38. The van der Waals surface area contributed by atoms with Crippen molar-refractivity contribution in [3.63, 3.8) is 0 Å². The molecule has 4 aromatic rings. The highest BCUT2D eigenvalue weighted by atomic mass is 32.1. The van der Waals surface area contributed by atoms with Crippen LogP contribution in [0.25, 0.3) is 31.9 Å². The molecule has 2 atom stereocenters. The molecular weight excluding hydrogens is 446 g/mol. The number of amides is 1. The zero-order valence-corrected chi connectivity index (χ0v) is 20.3. The Morgan fingerprint density at radius 2 is 2.12 bits per heavy atom. The molecule has 1 amide bonds. The maximum Gasteiger partial charge on any atom is 0.239 e. The lowest BCUT2D eigenvalue weighted by Crippen LogP contribution is -2.43. The second kappa shape index (κ2) is 9.52. The number of nitrogens with zero attached hydrogens (tertiary/aromatic N) is 5. The van der Waals surface area contributed by atoms with E-state index in [1.165, 1.54) is 0 Å². The van der Waals surface area contributed by atoms with Crippen molar-refractivity contribution >= 4 is 33.3 Å². The van der Waals surface area contributed by atoms with Crippen molar-refractivity contribution < 1.29 is 4.79 Å². The number of rotatable bonds is 7. The number of fused-ring (bicyclic) bond motifs is 1. The molecule has 8 nitrogen and oxygen atoms in total. The molecule has 1 fully saturated rings. The van der Waals surface area contributed by atoms with Gasteiger partial charge in [-0.1, -0.05) is 19.1 Å². The van der Waals surface area contributed by atoms with E-state index >= 15 is 0 Å². The van der Waals surface area contributed by atoms with Crippen molar-refractivity contribution in [2.45, 2.75) is 38.8 Å². The molecule has 0 bridgehead atoms. The molecule has 1 aliphatic heterocycles. The van der Waals surface area contributed by atoms with Crippen molar-refractivity contribution in [1.82, 2.24) is 30.0 Å². The second-order valence-electron chi connectivity index (χ2n) is 8.62. The molecule has 1 aliphatic rings. The number of nitrogen functional groups attached to an aromatic ring is 1. The monoisotopic (exact) mass is 475 g/mol. The molecule has 2 unspecified atom stereocenters. The number of nitrogens with two attached hydrogens (primary N) is 1. The number of para-hydroxylation sites is 1. The number of nitrogens with one attached hydrogen (secondary N) is 1. The van der Waals surface area contributed by atoms with Gasteiger partial charge in [-0.15, -0.1) is 11.3 Å². The Kier molecular flexibility index (Phi) is 6.30. The normalized spacial score (nSPS) is 17.9. The van der Waals surface area contributed by atoms with Crippen LogP contribution in [-0.2, 0) is 4.79 Å². The van der Waals surface area contributed by atoms with Crippen LogP contribution in [0.2, 0.25) is 0 Å². The molecule has 1 saturated heterocycles. The number of benzene rings is 1. The number of likely N-dealkylation sites (N-methyl/N-ethyl adjacent to an activating group) is 1. The Bertz CT molecular complexity index is 1280. The Morgan fingerprint density at radius 3 is 2.91 bits per heavy atom. The van der Waals surface area contributed by atoms with Crippen LogP contribution in [-0.4, -0.2) is 56.2 Å². The van der Waals surface area contributed by atoms with Crippen molar-refractivity contribution in [3.05, 3.63) is 48.9 Å². The summed E-state index contributed by atoms with van der Waals surface area (Å²) in [5.74, 6) is 0.645. The third-order valence-electron chi connectivity index (χ3n) is 6.34. The summed E-state index contributed by atoms with van der Waals surface area (Å²) >= 11 is 1.61. The van der Waals surface area contributed by atoms with E-state index in [9.17, 15) is 4.79 Å². The lowest BCUT2D eigenvalue weighted by Gasteiger charge is -2.23. The van der Waals surface area contributed by atoms with Gasteiger partial charge in [0.1, 0.15) is 10.8 Å². The number of thiazole rings is 1. The third-order valence-corrected chi connectivity index (χ3v) is 7.41. The molecule has 9 heteroatoms. The molecule has 0 radical (unpaired) electrons. The van der Waals surface area contributed by atoms with Crippen molar-refractivity contribution in [2.75, 3.05) is 25.4 Å². The van der Waals surface area contributed by atoms with Crippen molar-refractivity contribution in [3.8, 4) is 21.7 Å². The summed E-state index contributed by atoms with van der Waals surface area (Å²) in [4.78, 5) is 24.0. The minimum atomic E-state index is -0.159. The molecule has 4 heterocycles. The molecule has 3 N–H and O–H groups in total. The largest absolute Gasteiger partial charge is 0.383 e. The summed E-state index contributed by atoms with van der Waals surface area (Å²) in [7, 11) is 0. The lowest BCUT2D eigenvalue weighted by atomic mass is 10.1. The predicted octanol–water partition coefficient (Wildman–Crippen LogP) is 3.97. The summed E-state index contributed by atoms with van der Waals surface area (Å²) in [6, 6.07) is 10.1. The highest BCUT2D eigenvalue weighted by Gasteiger charge is 2.33. The second-order valence-corrected chi connectivity index (χ2v) is 9.65. The number of hydrogen-bond donors (Lipinski definition) is 2. The zero-order valence-electron chi connectivity index (χ0n) is 19.4. The smallest absolute Gasteiger partial charge is 0.239 e. The number of carbonyl (C=O) groups is 1. The fourth-order valence-electron chi connectivity index (χ4n) is 4.50. The number of anilines is 1. The Balaban J connectivity index is 1.35. The first-order valence-corrected chi connectivity index (χ1v) is 12.6. The average molecular weight is 476 g/mol. The predicted molar refractivity (Wildman–Crippen MR) is 136 cm³/mol. The van der Waals surface area contributed by atoms with Crippen LogP contribution in [0, 0.1) is 0 Å². The van der Waals surface area contributed by atoms with E-state index in [4.69, 9.17) is 10.7 Å². The van der Waals surface area contributed by atoms with Crippen LogP contribution in [0.5, 0.6) is 0 Å². The van der Waals surface area contributed by atoms with Crippen molar-refractivity contribution in [2.24, 2.45) is 0 Å². The number of carbonyl (C=O) groups excluding carboxylic acids is 1. The molecular formula is C25H29N7OS. The van der Waals surface area contributed by atoms with Gasteiger partial charge in [-0.3, -0.25) is 9.48 Å². The van der Waals surface area contributed by atoms with Gasteiger partial charge in [0.15, 0.2) is 0 Å². The van der Waals surface area contributed by atoms with Crippen LogP contribution in [0.15, 0.2) is 48.9 Å². The highest BCUT2D eigenvalue weighted by Crippen LogP contribution is 2.35. The first-order chi connectivity index (χ1) is 16.6. The van der Waals surface area contributed by atoms with Gasteiger partial charge in [0.05, 0.1) is 34.1 Å². The van der Waals surface area contributed by atoms with Gasteiger partial charge in [-0.25, -0.2) is 9.97 Å². The van der Waals surface area contributed by atoms with E-state index in [0.717, 1.165) is 64.4 Å². The van der Waals surface area contributed by atoms with Crippen LogP contribution in [0.3, 0.4) is 0 Å². The van der Waals surface area contributed by atoms with E-state index in [1.807, 2.05) is 53.2 Å². The third kappa shape index (κ3) is 4.28. The molecule has 34 heavy (non-hydrogen) atoms. The summed E-state index contributed by atoms with van der Waals surface area (Å²) in [5.41, 5.74) is 9.91. The van der Waals surface area contributed by atoms with Gasteiger partial charge in [0, 0.05) is 43.2 Å². The first-order valence-electron chi connectivity index (χ1n) is 11.8. The highest BCUT2D eigenvalue weighted by molar-refractivity contribution is 7.21. The summed E-state index contributed by atoms with van der Waals surface area (Å²) < 4.78 is 3.08. The quantitative estimate of drug-likeness (QED) is 0.419. The maximum atomic E-state index is 12.8. The summed E-state index contributed by atoms with van der Waals surface area (Å²) in [6.07, 6.45) is 7.35. The van der Waals surface area contributed by atoms with E-state index in [1.54, 1.807) is 17.5 Å². The fourth-order valence-corrected chi connectivity index (χ4v) is 5.49. The fraction of sp³-hybridized carbons (Fsp3) is 0.360. The molecule has 176 valence electrons. The lowest BCUT2D eigenvalue weighted by molar-refractivity contribution is -0.133. The van der Waals surface area contributed by atoms with Gasteiger partial charge in [-0.05, 0) is 38.0 Å². The van der Waals surface area contributed by atoms with E-state index in [2.05, 4.69) is 28.4 Å². The standard InChI is InChI=1S/C25H29N7OS/c1-3-9-31(4-2)25(33)21-11-18(14-27-21)32-15-17(13-29-32)16-10-19(23(26)28-12-16)24-30-20-7-5-6-8-22(20)34-24/h5-8,10,12-13,15,18,21,27H,3-4,9,11,14H2,1-2H3,(H2,26,28). The van der Waals surface area contributed by atoms with Gasteiger partial charge in [-0.2, -0.15) is 5.10 Å². The maximum absolute atomic E-state index is 12.8. The van der Waals surface area contributed by atoms with Gasteiger partial charge in [0.2, 0.25) is 5.91 Å². The van der Waals surface area contributed by atoms with E-state index < -0.39 is 0 Å². The van der Waals surface area contributed by atoms with Gasteiger partial charge >= 0.3 is 0 Å². The van der Waals surface area contributed by atoms with Crippen molar-refractivity contribution in [1.29, 1.82) is 0 Å². The Hall–Kier alpha value is -3.30. The molecule has 0 saturated carbocycles. The SMILES string of the molecule is CCCN(CC)C(=O)C1CC(n2cc(-c3cnc(N)c(-c4nc5ccccc5s4)c3)cn2)CN1. The Labute approximate surface area is 202 Å². The average Bonchev–Trinajstić information content (AvgIpc) is 3.61. The number of aromatic nitrogens is 4. The number of hydrogen-bond acceptors (Lipinski definition) is 7. The van der Waals surface area contributed by atoms with Gasteiger partial charge in [0.25, 0.3) is 0 Å².